The van der Waals surface area contributed by atoms with Gasteiger partial charge < -0.3 is 15.3 Å². The Morgan fingerprint density at radius 1 is 1.23 bits per heavy atom. The van der Waals surface area contributed by atoms with E-state index in [1.165, 1.54) is 5.56 Å². The molecule has 140 valence electrons. The Balaban J connectivity index is 1.34. The molecule has 2 aromatic rings. The molecule has 1 fully saturated rings. The van der Waals surface area contributed by atoms with Gasteiger partial charge in [-0.3, -0.25) is 5.10 Å². The summed E-state index contributed by atoms with van der Waals surface area (Å²) in [6.45, 7) is 2.03. The van der Waals surface area contributed by atoms with Gasteiger partial charge in [-0.1, -0.05) is 30.3 Å². The van der Waals surface area contributed by atoms with E-state index in [0.29, 0.717) is 19.6 Å². The minimum absolute atomic E-state index is 0.00859. The van der Waals surface area contributed by atoms with Crippen molar-refractivity contribution in [3.63, 3.8) is 0 Å². The molecule has 1 aromatic carbocycles. The van der Waals surface area contributed by atoms with Crippen molar-refractivity contribution in [2.45, 2.75) is 38.2 Å². The minimum atomic E-state index is -0.290. The van der Waals surface area contributed by atoms with Crippen molar-refractivity contribution in [2.24, 2.45) is 5.92 Å². The molecule has 2 amide bonds. The maximum Gasteiger partial charge on any atom is 0.317 e. The number of amides is 2. The van der Waals surface area contributed by atoms with Crippen LogP contribution in [0.5, 0.6) is 0 Å². The van der Waals surface area contributed by atoms with E-state index in [1.54, 1.807) is 6.20 Å². The van der Waals surface area contributed by atoms with Gasteiger partial charge in [0.25, 0.3) is 0 Å². The normalized spacial score (nSPS) is 16.4. The summed E-state index contributed by atoms with van der Waals surface area (Å²) in [5.41, 5.74) is 2.35. The van der Waals surface area contributed by atoms with E-state index >= 15 is 0 Å². The average molecular weight is 356 g/mol. The number of carbonyl (C=O) groups is 1. The van der Waals surface area contributed by atoms with E-state index < -0.39 is 0 Å². The first-order valence-corrected chi connectivity index (χ1v) is 9.45. The molecule has 1 aliphatic rings. The second-order valence-corrected chi connectivity index (χ2v) is 7.00. The number of urea groups is 1. The highest BCUT2D eigenvalue weighted by Crippen LogP contribution is 2.23. The highest BCUT2D eigenvalue weighted by Gasteiger charge is 2.27. The molecular formula is C20H28N4O2. The van der Waals surface area contributed by atoms with Gasteiger partial charge in [0.05, 0.1) is 12.3 Å². The van der Waals surface area contributed by atoms with Crippen LogP contribution in [0.1, 0.15) is 30.4 Å². The quantitative estimate of drug-likeness (QED) is 0.712. The largest absolute Gasteiger partial charge is 0.393 e. The van der Waals surface area contributed by atoms with Gasteiger partial charge in [-0.05, 0) is 49.1 Å². The third kappa shape index (κ3) is 5.33. The SMILES string of the molecule is O=C(NCCc1cn[nH]c1)N1CCC([C@@H](O)CCc2ccccc2)CC1. The van der Waals surface area contributed by atoms with Crippen LogP contribution in [-0.2, 0) is 12.8 Å². The predicted octanol–water partition coefficient (Wildman–Crippen LogP) is 2.37. The molecule has 0 bridgehead atoms. The van der Waals surface area contributed by atoms with Crippen LogP contribution < -0.4 is 5.32 Å². The Kier molecular flexibility index (Phi) is 6.66. The molecule has 2 heterocycles. The lowest BCUT2D eigenvalue weighted by molar-refractivity contribution is 0.0611. The van der Waals surface area contributed by atoms with Gasteiger partial charge >= 0.3 is 6.03 Å². The fourth-order valence-electron chi connectivity index (χ4n) is 3.52. The lowest BCUT2D eigenvalue weighted by Crippen LogP contribution is -2.46. The molecule has 6 nitrogen and oxygen atoms in total. The van der Waals surface area contributed by atoms with E-state index in [0.717, 1.165) is 37.7 Å². The van der Waals surface area contributed by atoms with E-state index in [4.69, 9.17) is 0 Å². The third-order valence-electron chi connectivity index (χ3n) is 5.19. The molecule has 0 radical (unpaired) electrons. The molecule has 3 rings (SSSR count). The Hall–Kier alpha value is -2.34. The molecule has 1 aliphatic heterocycles. The molecule has 1 atom stereocenters. The zero-order chi connectivity index (χ0) is 18.2. The van der Waals surface area contributed by atoms with Gasteiger partial charge in [0.1, 0.15) is 0 Å². The number of carbonyl (C=O) groups excluding carboxylic acids is 1. The predicted molar refractivity (Wildman–Crippen MR) is 101 cm³/mol. The molecule has 0 unspecified atom stereocenters. The van der Waals surface area contributed by atoms with Crippen molar-refractivity contribution in [1.82, 2.24) is 20.4 Å². The average Bonchev–Trinajstić information content (AvgIpc) is 3.20. The fourth-order valence-corrected chi connectivity index (χ4v) is 3.52. The first-order valence-electron chi connectivity index (χ1n) is 9.45. The van der Waals surface area contributed by atoms with Gasteiger partial charge in [0.15, 0.2) is 0 Å². The summed E-state index contributed by atoms with van der Waals surface area (Å²) in [5, 5.41) is 20.1. The summed E-state index contributed by atoms with van der Waals surface area (Å²) in [7, 11) is 0. The summed E-state index contributed by atoms with van der Waals surface area (Å²) >= 11 is 0. The summed E-state index contributed by atoms with van der Waals surface area (Å²) in [5.74, 6) is 0.286. The number of benzene rings is 1. The maximum atomic E-state index is 12.2. The molecule has 26 heavy (non-hydrogen) atoms. The summed E-state index contributed by atoms with van der Waals surface area (Å²) in [4.78, 5) is 14.1. The lowest BCUT2D eigenvalue weighted by atomic mass is 9.88. The number of nitrogens with zero attached hydrogens (tertiary/aromatic N) is 2. The number of rotatable bonds is 7. The van der Waals surface area contributed by atoms with E-state index in [1.807, 2.05) is 29.3 Å². The molecule has 3 N–H and O–H groups in total. The molecule has 0 saturated carbocycles. The summed E-state index contributed by atoms with van der Waals surface area (Å²) < 4.78 is 0. The van der Waals surface area contributed by atoms with Crippen LogP contribution in [0.3, 0.4) is 0 Å². The standard InChI is InChI=1S/C20H28N4O2/c25-19(7-6-16-4-2-1-3-5-16)18-9-12-24(13-10-18)20(26)21-11-8-17-14-22-23-15-17/h1-5,14-15,18-19,25H,6-13H2,(H,21,26)(H,22,23)/t19-/m0/s1. The first kappa shape index (κ1) is 18.5. The van der Waals surface area contributed by atoms with Crippen molar-refractivity contribution < 1.29 is 9.90 Å². The number of aliphatic hydroxyl groups excluding tert-OH is 1. The van der Waals surface area contributed by atoms with Crippen LogP contribution in [-0.4, -0.2) is 52.0 Å². The molecule has 0 aliphatic carbocycles. The Morgan fingerprint density at radius 3 is 2.69 bits per heavy atom. The highest BCUT2D eigenvalue weighted by atomic mass is 16.3. The zero-order valence-corrected chi connectivity index (χ0v) is 15.1. The van der Waals surface area contributed by atoms with E-state index in [2.05, 4.69) is 27.6 Å². The molecular weight excluding hydrogens is 328 g/mol. The number of aryl methyl sites for hydroxylation is 1. The molecule has 0 spiro atoms. The fraction of sp³-hybridized carbons (Fsp3) is 0.500. The number of nitrogens with one attached hydrogen (secondary N) is 2. The zero-order valence-electron chi connectivity index (χ0n) is 15.1. The van der Waals surface area contributed by atoms with Gasteiger partial charge in [-0.2, -0.15) is 5.10 Å². The summed E-state index contributed by atoms with van der Waals surface area (Å²) in [6.07, 6.45) is 7.51. The molecule has 1 saturated heterocycles. The first-order chi connectivity index (χ1) is 12.7. The highest BCUT2D eigenvalue weighted by molar-refractivity contribution is 5.74. The van der Waals surface area contributed by atoms with Crippen LogP contribution in [0.15, 0.2) is 42.7 Å². The van der Waals surface area contributed by atoms with Gasteiger partial charge in [0.2, 0.25) is 0 Å². The second-order valence-electron chi connectivity index (χ2n) is 7.00. The van der Waals surface area contributed by atoms with Crippen molar-refractivity contribution >= 4 is 6.03 Å². The van der Waals surface area contributed by atoms with Crippen molar-refractivity contribution in [3.05, 3.63) is 53.9 Å². The Morgan fingerprint density at radius 2 is 2.00 bits per heavy atom. The summed E-state index contributed by atoms with van der Waals surface area (Å²) in [6, 6.07) is 10.3. The number of H-pyrrole nitrogens is 1. The number of piperidine rings is 1. The topological polar surface area (TPSA) is 81.2 Å². The lowest BCUT2D eigenvalue weighted by Gasteiger charge is -2.34. The smallest absolute Gasteiger partial charge is 0.317 e. The second kappa shape index (κ2) is 9.38. The minimum Gasteiger partial charge on any atom is -0.393 e. The van der Waals surface area contributed by atoms with Gasteiger partial charge in [0, 0.05) is 25.8 Å². The van der Waals surface area contributed by atoms with Crippen LogP contribution in [0.2, 0.25) is 0 Å². The van der Waals surface area contributed by atoms with Crippen LogP contribution in [0.25, 0.3) is 0 Å². The molecule has 1 aromatic heterocycles. The van der Waals surface area contributed by atoms with E-state index in [-0.39, 0.29) is 18.1 Å². The third-order valence-corrected chi connectivity index (χ3v) is 5.19. The number of aliphatic hydroxyl groups is 1. The van der Waals surface area contributed by atoms with Crippen LogP contribution in [0.4, 0.5) is 4.79 Å². The Bertz CT molecular complexity index is 652. The van der Waals surface area contributed by atoms with Gasteiger partial charge in [-0.15, -0.1) is 0 Å². The van der Waals surface area contributed by atoms with Crippen molar-refractivity contribution in [3.8, 4) is 0 Å². The monoisotopic (exact) mass is 356 g/mol. The number of hydrogen-bond donors (Lipinski definition) is 3. The van der Waals surface area contributed by atoms with Crippen LogP contribution in [0, 0.1) is 5.92 Å². The number of aromatic amines is 1. The van der Waals surface area contributed by atoms with Crippen LogP contribution >= 0.6 is 0 Å². The maximum absolute atomic E-state index is 12.2. The van der Waals surface area contributed by atoms with Crippen molar-refractivity contribution in [1.29, 1.82) is 0 Å². The number of likely N-dealkylation sites (tertiary alicyclic amines) is 1. The van der Waals surface area contributed by atoms with E-state index in [9.17, 15) is 9.90 Å². The molecule has 6 heteroatoms. The number of aromatic nitrogens is 2. The van der Waals surface area contributed by atoms with Crippen molar-refractivity contribution in [2.75, 3.05) is 19.6 Å². The number of hydrogen-bond acceptors (Lipinski definition) is 3. The van der Waals surface area contributed by atoms with Gasteiger partial charge in [-0.25, -0.2) is 4.79 Å². The Labute approximate surface area is 154 Å².